The second-order valence-electron chi connectivity index (χ2n) is 8.14. The standard InChI is InChI=1S/C8H16FN3.C8H17N3O/c1-8(2,3)12-7-10-4-6(9)5-11-7;1-8(2,3)11-7-9-4-6(12)5-10-7/h6H,4-5H2,1-3H3,(H2,10,11,12);6,12H,4-5H2,1-3H3,(H2,9,10,11). The molecular weight excluding hydrogens is 311 g/mol. The lowest BCUT2D eigenvalue weighted by Crippen LogP contribution is -2.52. The number of nitrogens with zero attached hydrogens (tertiary/aromatic N) is 2. The van der Waals surface area contributed by atoms with E-state index in [1.165, 1.54) is 0 Å². The van der Waals surface area contributed by atoms with E-state index in [2.05, 4.69) is 52.0 Å². The van der Waals surface area contributed by atoms with Crippen molar-refractivity contribution in [2.24, 2.45) is 9.98 Å². The SMILES string of the molecule is CC(C)(C)NC1=NCC(F)CN1.CC(C)(C)NC1=NCC(O)CN1. The van der Waals surface area contributed by atoms with Crippen LogP contribution in [0.3, 0.4) is 0 Å². The summed E-state index contributed by atoms with van der Waals surface area (Å²) in [6.45, 7) is 14.0. The molecule has 0 aromatic carbocycles. The van der Waals surface area contributed by atoms with Crippen molar-refractivity contribution in [3.8, 4) is 0 Å². The minimum atomic E-state index is -0.837. The molecule has 0 aromatic rings. The van der Waals surface area contributed by atoms with Crippen molar-refractivity contribution in [1.82, 2.24) is 21.3 Å². The van der Waals surface area contributed by atoms with Crippen molar-refractivity contribution in [2.75, 3.05) is 26.2 Å². The van der Waals surface area contributed by atoms with Gasteiger partial charge in [-0.1, -0.05) is 0 Å². The summed E-state index contributed by atoms with van der Waals surface area (Å²) >= 11 is 0. The van der Waals surface area contributed by atoms with Gasteiger partial charge in [0.05, 0.1) is 25.7 Å². The summed E-state index contributed by atoms with van der Waals surface area (Å²) in [5, 5.41) is 21.4. The smallest absolute Gasteiger partial charge is 0.191 e. The van der Waals surface area contributed by atoms with Crippen LogP contribution in [0.4, 0.5) is 4.39 Å². The molecule has 2 rings (SSSR count). The molecule has 0 bridgehead atoms. The van der Waals surface area contributed by atoms with Gasteiger partial charge in [0, 0.05) is 17.6 Å². The Labute approximate surface area is 144 Å². The van der Waals surface area contributed by atoms with Gasteiger partial charge in [-0.2, -0.15) is 0 Å². The highest BCUT2D eigenvalue weighted by molar-refractivity contribution is 5.81. The zero-order chi connectivity index (χ0) is 18.4. The van der Waals surface area contributed by atoms with E-state index in [1.807, 2.05) is 20.8 Å². The Balaban J connectivity index is 0.000000240. The number of halogens is 1. The molecule has 0 radical (unpaired) electrons. The summed E-state index contributed by atoms with van der Waals surface area (Å²) in [5.41, 5.74) is 0.00308. The number of aliphatic hydroxyl groups excluding tert-OH is 1. The molecule has 2 heterocycles. The van der Waals surface area contributed by atoms with Crippen LogP contribution < -0.4 is 21.3 Å². The lowest BCUT2D eigenvalue weighted by molar-refractivity contribution is 0.180. The Bertz CT molecular complexity index is 410. The molecule has 8 heteroatoms. The Kier molecular flexibility index (Phi) is 7.26. The molecule has 0 spiro atoms. The normalized spacial score (nSPS) is 24.3. The molecule has 2 atom stereocenters. The molecule has 0 aliphatic carbocycles. The van der Waals surface area contributed by atoms with Gasteiger partial charge < -0.3 is 26.4 Å². The lowest BCUT2D eigenvalue weighted by atomic mass is 10.1. The van der Waals surface area contributed by atoms with E-state index >= 15 is 0 Å². The van der Waals surface area contributed by atoms with Gasteiger partial charge in [0.25, 0.3) is 0 Å². The van der Waals surface area contributed by atoms with Crippen LogP contribution in [0.25, 0.3) is 0 Å². The molecule has 0 amide bonds. The summed E-state index contributed by atoms with van der Waals surface area (Å²) in [4.78, 5) is 8.16. The topological polar surface area (TPSA) is 93.1 Å². The predicted octanol–water partition coefficient (Wildman–Crippen LogP) is 0.366. The van der Waals surface area contributed by atoms with Gasteiger partial charge in [-0.15, -0.1) is 0 Å². The van der Waals surface area contributed by atoms with Gasteiger partial charge in [-0.25, -0.2) is 4.39 Å². The Morgan fingerprint density at radius 2 is 1.38 bits per heavy atom. The molecule has 0 saturated carbocycles. The minimum Gasteiger partial charge on any atom is -0.389 e. The molecular formula is C16H33FN6O. The fraction of sp³-hybridized carbons (Fsp3) is 0.875. The van der Waals surface area contributed by atoms with E-state index in [-0.39, 0.29) is 23.7 Å². The number of rotatable bonds is 0. The second kappa shape index (κ2) is 8.50. The van der Waals surface area contributed by atoms with Crippen LogP contribution in [-0.4, -0.2) is 66.6 Å². The van der Waals surface area contributed by atoms with Gasteiger partial charge in [-0.3, -0.25) is 9.98 Å². The molecule has 2 aliphatic heterocycles. The van der Waals surface area contributed by atoms with Gasteiger partial charge in [0.2, 0.25) is 0 Å². The second-order valence-corrected chi connectivity index (χ2v) is 8.14. The number of aliphatic hydroxyl groups is 1. The van der Waals surface area contributed by atoms with E-state index in [0.717, 1.165) is 5.96 Å². The number of hydrogen-bond acceptors (Lipinski definition) is 7. The van der Waals surface area contributed by atoms with Crippen molar-refractivity contribution >= 4 is 11.9 Å². The molecule has 2 aliphatic rings. The monoisotopic (exact) mass is 344 g/mol. The quantitative estimate of drug-likeness (QED) is 0.438. The maximum absolute atomic E-state index is 12.6. The largest absolute Gasteiger partial charge is 0.389 e. The van der Waals surface area contributed by atoms with Crippen LogP contribution in [-0.2, 0) is 0 Å². The Morgan fingerprint density at radius 3 is 1.71 bits per heavy atom. The van der Waals surface area contributed by atoms with E-state index in [4.69, 9.17) is 5.11 Å². The van der Waals surface area contributed by atoms with E-state index < -0.39 is 6.17 Å². The number of guanidine groups is 2. The molecule has 5 N–H and O–H groups in total. The van der Waals surface area contributed by atoms with E-state index in [1.54, 1.807) is 0 Å². The van der Waals surface area contributed by atoms with Crippen LogP contribution in [0.1, 0.15) is 41.5 Å². The Hall–Kier alpha value is -1.57. The van der Waals surface area contributed by atoms with Crippen LogP contribution >= 0.6 is 0 Å². The molecule has 7 nitrogen and oxygen atoms in total. The zero-order valence-corrected chi connectivity index (χ0v) is 15.7. The van der Waals surface area contributed by atoms with Gasteiger partial charge in [-0.05, 0) is 41.5 Å². The third kappa shape index (κ3) is 9.54. The van der Waals surface area contributed by atoms with Gasteiger partial charge in [0.1, 0.15) is 6.17 Å². The molecule has 0 fully saturated rings. The first-order valence-electron chi connectivity index (χ1n) is 8.40. The maximum atomic E-state index is 12.6. The molecule has 2 unspecified atom stereocenters. The van der Waals surface area contributed by atoms with Crippen LogP contribution in [0.5, 0.6) is 0 Å². The highest BCUT2D eigenvalue weighted by atomic mass is 19.1. The first kappa shape index (κ1) is 20.5. The first-order valence-corrected chi connectivity index (χ1v) is 8.40. The van der Waals surface area contributed by atoms with Crippen LogP contribution in [0, 0.1) is 0 Å². The Morgan fingerprint density at radius 1 is 0.917 bits per heavy atom. The summed E-state index contributed by atoms with van der Waals surface area (Å²) < 4.78 is 12.6. The molecule has 24 heavy (non-hydrogen) atoms. The average Bonchev–Trinajstić information content (AvgIpc) is 2.42. The zero-order valence-electron chi connectivity index (χ0n) is 15.7. The number of β-amino-alcohol motifs (C(OH)–C–C–N with tert-alkyl or cyclic N) is 1. The van der Waals surface area contributed by atoms with Crippen LogP contribution in [0.15, 0.2) is 9.98 Å². The summed E-state index contributed by atoms with van der Waals surface area (Å²) in [6.07, 6.45) is -1.17. The van der Waals surface area contributed by atoms with Crippen molar-refractivity contribution in [3.05, 3.63) is 0 Å². The highest BCUT2D eigenvalue weighted by Crippen LogP contribution is 2.01. The molecule has 0 aromatic heterocycles. The summed E-state index contributed by atoms with van der Waals surface area (Å²) in [7, 11) is 0. The predicted molar refractivity (Wildman–Crippen MR) is 97.3 cm³/mol. The maximum Gasteiger partial charge on any atom is 0.191 e. The van der Waals surface area contributed by atoms with Gasteiger partial charge >= 0.3 is 0 Å². The fourth-order valence-electron chi connectivity index (χ4n) is 1.93. The fourth-order valence-corrected chi connectivity index (χ4v) is 1.93. The first-order chi connectivity index (χ1) is 10.9. The number of alkyl halides is 1. The minimum absolute atomic E-state index is 0.0189. The van der Waals surface area contributed by atoms with Crippen molar-refractivity contribution < 1.29 is 9.50 Å². The number of aliphatic imine (C=N–C) groups is 2. The lowest BCUT2D eigenvalue weighted by Gasteiger charge is -2.27. The molecule has 140 valence electrons. The molecule has 0 saturated heterocycles. The van der Waals surface area contributed by atoms with E-state index in [0.29, 0.717) is 25.6 Å². The van der Waals surface area contributed by atoms with Crippen molar-refractivity contribution in [1.29, 1.82) is 0 Å². The summed E-state index contributed by atoms with van der Waals surface area (Å²) in [5.74, 6) is 1.49. The van der Waals surface area contributed by atoms with Crippen molar-refractivity contribution in [2.45, 2.75) is 64.9 Å². The van der Waals surface area contributed by atoms with Crippen LogP contribution in [0.2, 0.25) is 0 Å². The third-order valence-electron chi connectivity index (χ3n) is 2.89. The summed E-state index contributed by atoms with van der Waals surface area (Å²) in [6, 6.07) is 0. The van der Waals surface area contributed by atoms with Crippen molar-refractivity contribution in [3.63, 3.8) is 0 Å². The number of nitrogens with one attached hydrogen (secondary N) is 4. The average molecular weight is 344 g/mol. The highest BCUT2D eigenvalue weighted by Gasteiger charge is 2.18. The van der Waals surface area contributed by atoms with Gasteiger partial charge in [0.15, 0.2) is 11.9 Å². The number of hydrogen-bond donors (Lipinski definition) is 5. The van der Waals surface area contributed by atoms with E-state index in [9.17, 15) is 4.39 Å². The third-order valence-corrected chi connectivity index (χ3v) is 2.89.